The van der Waals surface area contributed by atoms with Crippen molar-refractivity contribution in [1.29, 1.82) is 5.26 Å². The van der Waals surface area contributed by atoms with Gasteiger partial charge in [-0.25, -0.2) is 0 Å². The van der Waals surface area contributed by atoms with Crippen LogP contribution in [0.4, 0.5) is 5.69 Å². The average molecular weight is 546 g/mol. The molecule has 1 N–H and O–H groups in total. The number of carbonyl (C=O) groups excluding carboxylic acids is 1. The Balaban J connectivity index is 1.85. The maximum atomic E-state index is 12.6. The fourth-order valence-corrected chi connectivity index (χ4v) is 4.10. The molecule has 0 saturated carbocycles. The van der Waals surface area contributed by atoms with Gasteiger partial charge in [0.15, 0.2) is 11.5 Å². The highest BCUT2D eigenvalue weighted by molar-refractivity contribution is 9.10. The molecule has 3 aromatic carbocycles. The van der Waals surface area contributed by atoms with Crippen LogP contribution >= 0.6 is 39.1 Å². The molecule has 0 spiro atoms. The summed E-state index contributed by atoms with van der Waals surface area (Å²) >= 11 is 15.9. The molecule has 3 rings (SSSR count). The Hall–Kier alpha value is -2.98. The summed E-state index contributed by atoms with van der Waals surface area (Å²) in [6.07, 6.45) is 1.48. The van der Waals surface area contributed by atoms with E-state index in [4.69, 9.17) is 32.7 Å². The molecule has 1 amide bonds. The van der Waals surface area contributed by atoms with Gasteiger partial charge in [0, 0.05) is 21.3 Å². The molecule has 0 aliphatic rings. The number of nitrogens with one attached hydrogen (secondary N) is 1. The second-order valence-electron chi connectivity index (χ2n) is 7.02. The number of hydrogen-bond donors (Lipinski definition) is 1. The number of carbonyl (C=O) groups is 1. The van der Waals surface area contributed by atoms with Crippen LogP contribution in [-0.4, -0.2) is 13.0 Å². The lowest BCUT2D eigenvalue weighted by molar-refractivity contribution is -0.112. The maximum absolute atomic E-state index is 12.6. The maximum Gasteiger partial charge on any atom is 0.266 e. The molecule has 8 heteroatoms. The summed E-state index contributed by atoms with van der Waals surface area (Å²) in [6, 6.07) is 17.9. The second-order valence-corrected chi connectivity index (χ2v) is 8.69. The molecule has 0 fully saturated rings. The van der Waals surface area contributed by atoms with Crippen LogP contribution in [0.1, 0.15) is 16.7 Å². The largest absolute Gasteiger partial charge is 0.493 e. The monoisotopic (exact) mass is 544 g/mol. The summed E-state index contributed by atoms with van der Waals surface area (Å²) < 4.78 is 12.0. The van der Waals surface area contributed by atoms with E-state index in [0.717, 1.165) is 5.56 Å². The van der Waals surface area contributed by atoms with Gasteiger partial charge in [-0.3, -0.25) is 4.79 Å². The van der Waals surface area contributed by atoms with Gasteiger partial charge in [0.2, 0.25) is 0 Å². The number of halogens is 3. The van der Waals surface area contributed by atoms with E-state index in [1.165, 1.54) is 13.2 Å². The number of nitriles is 1. The summed E-state index contributed by atoms with van der Waals surface area (Å²) in [5.41, 5.74) is 2.79. The van der Waals surface area contributed by atoms with Gasteiger partial charge in [0.05, 0.1) is 11.6 Å². The molecular formula is C25H19BrCl2N2O3. The van der Waals surface area contributed by atoms with E-state index in [9.17, 15) is 10.1 Å². The first kappa shape index (κ1) is 24.7. The predicted molar refractivity (Wildman–Crippen MR) is 135 cm³/mol. The summed E-state index contributed by atoms with van der Waals surface area (Å²) in [5, 5.41) is 13.3. The van der Waals surface area contributed by atoms with Gasteiger partial charge in [-0.05, 0) is 76.5 Å². The molecule has 3 aromatic rings. The first-order chi connectivity index (χ1) is 15.8. The second kappa shape index (κ2) is 11.2. The first-order valence-electron chi connectivity index (χ1n) is 9.75. The van der Waals surface area contributed by atoms with Gasteiger partial charge >= 0.3 is 0 Å². The standard InChI is InChI=1S/C25H19BrCl2N2O3/c1-15-5-3-6-18(9-15)30-25(31)17(13-29)10-16-11-20(26)24(23(12-16)32-2)33-14-19-21(27)7-4-8-22(19)28/h3-12H,14H2,1-2H3,(H,30,31)/b17-10-. The molecule has 0 bridgehead atoms. The normalized spacial score (nSPS) is 11.0. The first-order valence-corrected chi connectivity index (χ1v) is 11.3. The van der Waals surface area contributed by atoms with Crippen molar-refractivity contribution in [2.24, 2.45) is 0 Å². The third-order valence-electron chi connectivity index (χ3n) is 4.63. The Morgan fingerprint density at radius 2 is 1.85 bits per heavy atom. The Labute approximate surface area is 210 Å². The van der Waals surface area contributed by atoms with Gasteiger partial charge in [0.1, 0.15) is 18.2 Å². The third kappa shape index (κ3) is 6.29. The Bertz CT molecular complexity index is 1250. The van der Waals surface area contributed by atoms with Gasteiger partial charge in [-0.2, -0.15) is 5.26 Å². The quantitative estimate of drug-likeness (QED) is 0.252. The topological polar surface area (TPSA) is 71.3 Å². The smallest absolute Gasteiger partial charge is 0.266 e. The van der Waals surface area contributed by atoms with Crippen molar-refractivity contribution in [3.05, 3.63) is 91.4 Å². The molecule has 0 saturated heterocycles. The van der Waals surface area contributed by atoms with Gasteiger partial charge < -0.3 is 14.8 Å². The van der Waals surface area contributed by atoms with Crippen LogP contribution in [-0.2, 0) is 11.4 Å². The van der Waals surface area contributed by atoms with Crippen LogP contribution in [0.2, 0.25) is 10.0 Å². The van der Waals surface area contributed by atoms with Gasteiger partial charge in [-0.15, -0.1) is 0 Å². The van der Waals surface area contributed by atoms with E-state index in [1.807, 2.05) is 31.2 Å². The van der Waals surface area contributed by atoms with E-state index in [0.29, 0.717) is 42.8 Å². The third-order valence-corrected chi connectivity index (χ3v) is 5.92. The Morgan fingerprint density at radius 1 is 1.15 bits per heavy atom. The molecular weight excluding hydrogens is 527 g/mol. The molecule has 0 aliphatic carbocycles. The summed E-state index contributed by atoms with van der Waals surface area (Å²) in [6.45, 7) is 2.05. The van der Waals surface area contributed by atoms with Crippen LogP contribution in [0.25, 0.3) is 6.08 Å². The fourth-order valence-electron chi connectivity index (χ4n) is 3.01. The highest BCUT2D eigenvalue weighted by Crippen LogP contribution is 2.38. The van der Waals surface area contributed by atoms with E-state index in [-0.39, 0.29) is 12.2 Å². The zero-order valence-electron chi connectivity index (χ0n) is 17.8. The molecule has 5 nitrogen and oxygen atoms in total. The Kier molecular flexibility index (Phi) is 8.40. The molecule has 33 heavy (non-hydrogen) atoms. The van der Waals surface area contributed by atoms with Gasteiger partial charge in [-0.1, -0.05) is 41.4 Å². The lowest BCUT2D eigenvalue weighted by Gasteiger charge is -2.15. The number of anilines is 1. The van der Waals surface area contributed by atoms with Crippen LogP contribution in [0.5, 0.6) is 11.5 Å². The minimum atomic E-state index is -0.508. The molecule has 0 heterocycles. The predicted octanol–water partition coefficient (Wildman–Crippen LogP) is 7.20. The molecule has 0 aromatic heterocycles. The number of amides is 1. The van der Waals surface area contributed by atoms with Crippen LogP contribution < -0.4 is 14.8 Å². The van der Waals surface area contributed by atoms with E-state index in [1.54, 1.807) is 36.4 Å². The summed E-state index contributed by atoms with van der Waals surface area (Å²) in [4.78, 5) is 12.6. The minimum Gasteiger partial charge on any atom is -0.493 e. The lowest BCUT2D eigenvalue weighted by atomic mass is 10.1. The highest BCUT2D eigenvalue weighted by atomic mass is 79.9. The number of rotatable bonds is 7. The number of hydrogen-bond acceptors (Lipinski definition) is 4. The minimum absolute atomic E-state index is 0.0537. The van der Waals surface area contributed by atoms with E-state index >= 15 is 0 Å². The number of benzene rings is 3. The molecule has 0 radical (unpaired) electrons. The Morgan fingerprint density at radius 3 is 2.48 bits per heavy atom. The van der Waals surface area contributed by atoms with Crippen molar-refractivity contribution < 1.29 is 14.3 Å². The number of aryl methyl sites for hydroxylation is 1. The number of ether oxygens (including phenoxy) is 2. The van der Waals surface area contributed by atoms with Crippen molar-refractivity contribution in [2.45, 2.75) is 13.5 Å². The SMILES string of the molecule is COc1cc(/C=C(/C#N)C(=O)Nc2cccc(C)c2)cc(Br)c1OCc1c(Cl)cccc1Cl. The zero-order chi connectivity index (χ0) is 24.0. The van der Waals surface area contributed by atoms with Crippen molar-refractivity contribution >= 4 is 56.8 Å². The number of nitrogens with zero attached hydrogens (tertiary/aromatic N) is 1. The van der Waals surface area contributed by atoms with Crippen molar-refractivity contribution in [3.8, 4) is 17.6 Å². The highest BCUT2D eigenvalue weighted by Gasteiger charge is 2.15. The average Bonchev–Trinajstić information content (AvgIpc) is 2.77. The molecule has 0 aliphatic heterocycles. The fraction of sp³-hybridized carbons (Fsp3) is 0.120. The zero-order valence-corrected chi connectivity index (χ0v) is 20.9. The van der Waals surface area contributed by atoms with Crippen LogP contribution in [0, 0.1) is 18.3 Å². The molecule has 0 unspecified atom stereocenters. The summed E-state index contributed by atoms with van der Waals surface area (Å²) in [7, 11) is 1.50. The van der Waals surface area contributed by atoms with E-state index in [2.05, 4.69) is 21.2 Å². The van der Waals surface area contributed by atoms with Crippen molar-refractivity contribution in [3.63, 3.8) is 0 Å². The molecule has 0 atom stereocenters. The van der Waals surface area contributed by atoms with Crippen LogP contribution in [0.15, 0.2) is 64.6 Å². The van der Waals surface area contributed by atoms with Crippen molar-refractivity contribution in [1.82, 2.24) is 0 Å². The van der Waals surface area contributed by atoms with E-state index < -0.39 is 5.91 Å². The summed E-state index contributed by atoms with van der Waals surface area (Å²) in [5.74, 6) is 0.343. The van der Waals surface area contributed by atoms with Crippen LogP contribution in [0.3, 0.4) is 0 Å². The van der Waals surface area contributed by atoms with Gasteiger partial charge in [0.25, 0.3) is 5.91 Å². The number of methoxy groups -OCH3 is 1. The molecule has 168 valence electrons. The lowest BCUT2D eigenvalue weighted by Crippen LogP contribution is -2.13. The van der Waals surface area contributed by atoms with Crippen molar-refractivity contribution in [2.75, 3.05) is 12.4 Å².